The van der Waals surface area contributed by atoms with Crippen molar-refractivity contribution in [1.29, 1.82) is 0 Å². The van der Waals surface area contributed by atoms with Gasteiger partial charge in [0.15, 0.2) is 6.61 Å². The number of piperidine rings is 1. The quantitative estimate of drug-likeness (QED) is 0.594. The summed E-state index contributed by atoms with van der Waals surface area (Å²) in [4.78, 5) is 31.9. The van der Waals surface area contributed by atoms with E-state index in [1.807, 2.05) is 53.4 Å². The maximum absolute atomic E-state index is 13.4. The molecule has 1 fully saturated rings. The largest absolute Gasteiger partial charge is 0.483 e. The first-order valence-corrected chi connectivity index (χ1v) is 12.0. The molecule has 8 nitrogen and oxygen atoms in total. The smallest absolute Gasteiger partial charge is 0.258 e. The van der Waals surface area contributed by atoms with Crippen LogP contribution in [0.1, 0.15) is 34.3 Å². The fourth-order valence-electron chi connectivity index (χ4n) is 4.82. The number of para-hydroxylation sites is 1. The van der Waals surface area contributed by atoms with E-state index in [1.165, 1.54) is 6.33 Å². The highest BCUT2D eigenvalue weighted by Crippen LogP contribution is 2.25. The van der Waals surface area contributed by atoms with E-state index in [0.717, 1.165) is 29.7 Å². The van der Waals surface area contributed by atoms with Gasteiger partial charge in [0.1, 0.15) is 18.4 Å². The normalized spacial score (nSPS) is 21.4. The van der Waals surface area contributed by atoms with Gasteiger partial charge in [0.25, 0.3) is 11.8 Å². The summed E-state index contributed by atoms with van der Waals surface area (Å²) in [6.07, 6.45) is 9.73. The van der Waals surface area contributed by atoms with Crippen LogP contribution >= 0.6 is 0 Å². The zero-order valence-corrected chi connectivity index (χ0v) is 19.5. The van der Waals surface area contributed by atoms with Crippen molar-refractivity contribution in [2.24, 2.45) is 5.92 Å². The molecule has 1 aromatic heterocycles. The number of carbonyl (C=O) groups excluding carboxylic acids is 2. The molecule has 3 heterocycles. The fourth-order valence-corrected chi connectivity index (χ4v) is 4.82. The van der Waals surface area contributed by atoms with Gasteiger partial charge < -0.3 is 15.0 Å². The van der Waals surface area contributed by atoms with E-state index in [9.17, 15) is 9.59 Å². The Labute approximate surface area is 204 Å². The minimum Gasteiger partial charge on any atom is -0.483 e. The second kappa shape index (κ2) is 10.5. The van der Waals surface area contributed by atoms with Crippen molar-refractivity contribution in [2.75, 3.05) is 19.7 Å². The molecule has 180 valence electrons. The standard InChI is InChI=1S/C27H29N5O3/c33-26-17-35-25-11-4-3-8-21(25)7-1-2-9-23-16-31(13-12-24(23)30-26)27(34)22-10-5-6-20(14-22)15-32-19-28-18-29-32/h1-6,8,10-11,14,18-19,23-24H,7,9,12-13,15-17H2,(H,30,33)/b2-1+/t23-,24+/m0/s1. The lowest BCUT2D eigenvalue weighted by atomic mass is 9.88. The molecular weight excluding hydrogens is 442 g/mol. The molecule has 0 bridgehead atoms. The summed E-state index contributed by atoms with van der Waals surface area (Å²) in [6.45, 7) is 1.75. The number of hydrogen-bond acceptors (Lipinski definition) is 5. The minimum absolute atomic E-state index is 0.00752. The topological polar surface area (TPSA) is 89.4 Å². The van der Waals surface area contributed by atoms with Crippen LogP contribution in [0.5, 0.6) is 5.75 Å². The van der Waals surface area contributed by atoms with Gasteiger partial charge in [0, 0.05) is 30.6 Å². The van der Waals surface area contributed by atoms with E-state index in [1.54, 1.807) is 11.0 Å². The molecule has 2 aromatic carbocycles. The number of ether oxygens (including phenoxy) is 1. The molecule has 0 spiro atoms. The summed E-state index contributed by atoms with van der Waals surface area (Å²) < 4.78 is 7.53. The van der Waals surface area contributed by atoms with Crippen molar-refractivity contribution in [3.8, 4) is 5.75 Å². The second-order valence-electron chi connectivity index (χ2n) is 9.07. The Hall–Kier alpha value is -3.94. The van der Waals surface area contributed by atoms with Crippen molar-refractivity contribution >= 4 is 11.8 Å². The van der Waals surface area contributed by atoms with Crippen LogP contribution in [-0.2, 0) is 17.8 Å². The van der Waals surface area contributed by atoms with Crippen LogP contribution in [0.15, 0.2) is 73.3 Å². The van der Waals surface area contributed by atoms with Crippen LogP contribution in [0.2, 0.25) is 0 Å². The summed E-state index contributed by atoms with van der Waals surface area (Å²) in [5, 5.41) is 7.29. The van der Waals surface area contributed by atoms with E-state index in [2.05, 4.69) is 27.6 Å². The molecule has 2 aliphatic heterocycles. The van der Waals surface area contributed by atoms with Gasteiger partial charge in [0.05, 0.1) is 6.54 Å². The molecule has 0 aliphatic carbocycles. The lowest BCUT2D eigenvalue weighted by Gasteiger charge is -2.39. The summed E-state index contributed by atoms with van der Waals surface area (Å²) >= 11 is 0. The number of nitrogens with one attached hydrogen (secondary N) is 1. The molecule has 0 radical (unpaired) electrons. The van der Waals surface area contributed by atoms with Crippen LogP contribution in [0, 0.1) is 5.92 Å². The molecule has 8 heteroatoms. The third-order valence-corrected chi connectivity index (χ3v) is 6.63. The molecule has 2 atom stereocenters. The number of fused-ring (bicyclic) bond motifs is 2. The number of carbonyl (C=O) groups is 2. The molecule has 0 saturated carbocycles. The third-order valence-electron chi connectivity index (χ3n) is 6.63. The molecule has 0 unspecified atom stereocenters. The zero-order valence-electron chi connectivity index (χ0n) is 19.5. The van der Waals surface area contributed by atoms with Gasteiger partial charge in [-0.25, -0.2) is 9.67 Å². The predicted molar refractivity (Wildman–Crippen MR) is 131 cm³/mol. The number of allylic oxidation sites excluding steroid dienone is 2. The summed E-state index contributed by atoms with van der Waals surface area (Å²) in [7, 11) is 0. The van der Waals surface area contributed by atoms with Crippen LogP contribution in [0.25, 0.3) is 0 Å². The number of aromatic nitrogens is 3. The van der Waals surface area contributed by atoms with Gasteiger partial charge in [-0.05, 0) is 48.6 Å². The number of hydrogen-bond donors (Lipinski definition) is 1. The Kier molecular flexibility index (Phi) is 6.88. The van der Waals surface area contributed by atoms with E-state index in [4.69, 9.17) is 4.74 Å². The molecule has 1 saturated heterocycles. The molecule has 5 rings (SSSR count). The molecular formula is C27H29N5O3. The molecule has 2 amide bonds. The second-order valence-corrected chi connectivity index (χ2v) is 9.07. The number of nitrogens with zero attached hydrogens (tertiary/aromatic N) is 4. The fraction of sp³-hybridized carbons (Fsp3) is 0.333. The highest BCUT2D eigenvalue weighted by molar-refractivity contribution is 5.94. The van der Waals surface area contributed by atoms with Crippen LogP contribution in [0.3, 0.4) is 0 Å². The minimum atomic E-state index is -0.125. The predicted octanol–water partition coefficient (Wildman–Crippen LogP) is 2.85. The zero-order chi connectivity index (χ0) is 24.0. The number of benzene rings is 2. The lowest BCUT2D eigenvalue weighted by Crippen LogP contribution is -2.53. The summed E-state index contributed by atoms with van der Waals surface area (Å²) in [6, 6.07) is 15.5. The average molecular weight is 472 g/mol. The van der Waals surface area contributed by atoms with Crippen molar-refractivity contribution in [2.45, 2.75) is 31.8 Å². The van der Waals surface area contributed by atoms with Crippen LogP contribution < -0.4 is 10.1 Å². The number of rotatable bonds is 3. The Morgan fingerprint density at radius 2 is 2.06 bits per heavy atom. The number of likely N-dealkylation sites (tertiary alicyclic amines) is 1. The Bertz CT molecular complexity index is 1210. The van der Waals surface area contributed by atoms with Crippen LogP contribution in [-0.4, -0.2) is 57.2 Å². The SMILES string of the molecule is O=C1COc2ccccc2C/C=C/C[C@H]2CN(C(=O)c3cccc(Cn4cncn4)c3)CC[C@H]2N1. The maximum atomic E-state index is 13.4. The van der Waals surface area contributed by atoms with Crippen molar-refractivity contribution in [3.05, 3.63) is 90.0 Å². The Morgan fingerprint density at radius 1 is 1.14 bits per heavy atom. The van der Waals surface area contributed by atoms with E-state index in [0.29, 0.717) is 31.6 Å². The molecule has 1 N–H and O–H groups in total. The Balaban J connectivity index is 1.29. The Morgan fingerprint density at radius 3 is 2.94 bits per heavy atom. The first kappa shape index (κ1) is 22.8. The molecule has 35 heavy (non-hydrogen) atoms. The van der Waals surface area contributed by atoms with Gasteiger partial charge in [-0.3, -0.25) is 9.59 Å². The molecule has 2 aliphatic rings. The highest BCUT2D eigenvalue weighted by Gasteiger charge is 2.32. The van der Waals surface area contributed by atoms with E-state index >= 15 is 0 Å². The maximum Gasteiger partial charge on any atom is 0.258 e. The van der Waals surface area contributed by atoms with Crippen LogP contribution in [0.4, 0.5) is 0 Å². The first-order chi connectivity index (χ1) is 17.2. The molecule has 3 aromatic rings. The van der Waals surface area contributed by atoms with Gasteiger partial charge in [-0.15, -0.1) is 0 Å². The monoisotopic (exact) mass is 471 g/mol. The third kappa shape index (κ3) is 5.59. The van der Waals surface area contributed by atoms with Gasteiger partial charge in [0.2, 0.25) is 0 Å². The van der Waals surface area contributed by atoms with Crippen molar-refractivity contribution in [3.63, 3.8) is 0 Å². The number of amides is 2. The summed E-state index contributed by atoms with van der Waals surface area (Å²) in [5.41, 5.74) is 2.72. The lowest BCUT2D eigenvalue weighted by molar-refractivity contribution is -0.124. The van der Waals surface area contributed by atoms with Gasteiger partial charge in [-0.2, -0.15) is 5.10 Å². The first-order valence-electron chi connectivity index (χ1n) is 12.0. The van der Waals surface area contributed by atoms with Gasteiger partial charge in [-0.1, -0.05) is 42.5 Å². The highest BCUT2D eigenvalue weighted by atomic mass is 16.5. The van der Waals surface area contributed by atoms with Crippen molar-refractivity contribution in [1.82, 2.24) is 25.0 Å². The van der Waals surface area contributed by atoms with Crippen molar-refractivity contribution < 1.29 is 14.3 Å². The van der Waals surface area contributed by atoms with E-state index in [-0.39, 0.29) is 30.4 Å². The average Bonchev–Trinajstić information content (AvgIpc) is 3.39. The van der Waals surface area contributed by atoms with E-state index < -0.39 is 0 Å². The van der Waals surface area contributed by atoms with Gasteiger partial charge >= 0.3 is 0 Å². The summed E-state index contributed by atoms with van der Waals surface area (Å²) in [5.74, 6) is 0.777.